The number of nitrogens with zero attached hydrogens (tertiary/aromatic N) is 6. The van der Waals surface area contributed by atoms with Crippen molar-refractivity contribution in [3.8, 4) is 0 Å². The Morgan fingerprint density at radius 3 is 2.67 bits per heavy atom. The fraction of sp³-hybridized carbons (Fsp3) is 0.429. The first-order chi connectivity index (χ1) is 14.3. The first-order valence-corrected chi connectivity index (χ1v) is 11.0. The molecule has 30 heavy (non-hydrogen) atoms. The number of pyridine rings is 1. The van der Waals surface area contributed by atoms with Gasteiger partial charge in [-0.05, 0) is 18.4 Å². The molecule has 0 atom stereocenters. The summed E-state index contributed by atoms with van der Waals surface area (Å²) < 4.78 is 4.41. The molecule has 0 saturated carbocycles. The molecule has 1 aliphatic rings. The first kappa shape index (κ1) is 22.7. The molecule has 1 N–H and O–H groups in total. The number of aliphatic imine (C=N–C) groups is 1. The third-order valence-electron chi connectivity index (χ3n) is 5.09. The third kappa shape index (κ3) is 5.18. The highest BCUT2D eigenvalue weighted by Gasteiger charge is 2.22. The number of guanidine groups is 1. The van der Waals surface area contributed by atoms with Crippen LogP contribution in [0.3, 0.4) is 0 Å². The van der Waals surface area contributed by atoms with Gasteiger partial charge in [0, 0.05) is 62.3 Å². The number of anilines is 1. The van der Waals surface area contributed by atoms with Gasteiger partial charge in [-0.15, -0.1) is 24.0 Å². The van der Waals surface area contributed by atoms with E-state index in [4.69, 9.17) is 4.99 Å². The number of fused-ring (bicyclic) bond motifs is 1. The van der Waals surface area contributed by atoms with Crippen molar-refractivity contribution in [1.82, 2.24) is 24.6 Å². The predicted molar refractivity (Wildman–Crippen MR) is 135 cm³/mol. The summed E-state index contributed by atoms with van der Waals surface area (Å²) in [6.45, 7) is 9.29. The van der Waals surface area contributed by atoms with Crippen molar-refractivity contribution in [2.24, 2.45) is 4.99 Å². The molecular formula is C21H28IN7S. The smallest absolute Gasteiger partial charge is 0.205 e. The molecule has 2 aromatic heterocycles. The van der Waals surface area contributed by atoms with E-state index in [9.17, 15) is 0 Å². The van der Waals surface area contributed by atoms with Crippen LogP contribution in [-0.4, -0.2) is 57.9 Å². The van der Waals surface area contributed by atoms with E-state index in [0.717, 1.165) is 61.8 Å². The van der Waals surface area contributed by atoms with Crippen molar-refractivity contribution in [1.29, 1.82) is 0 Å². The molecule has 4 rings (SSSR count). The lowest BCUT2D eigenvalue weighted by Gasteiger charge is -2.36. The van der Waals surface area contributed by atoms with Crippen LogP contribution in [0.25, 0.3) is 10.8 Å². The fourth-order valence-corrected chi connectivity index (χ4v) is 4.31. The molecule has 160 valence electrons. The van der Waals surface area contributed by atoms with E-state index in [1.807, 2.05) is 12.3 Å². The second-order valence-corrected chi connectivity index (χ2v) is 7.70. The molecule has 9 heteroatoms. The summed E-state index contributed by atoms with van der Waals surface area (Å²) in [5, 5.41) is 6.85. The van der Waals surface area contributed by atoms with Gasteiger partial charge in [0.2, 0.25) is 5.13 Å². The Kier molecular flexibility index (Phi) is 8.20. The minimum Gasteiger partial charge on any atom is -0.357 e. The molecule has 3 heterocycles. The van der Waals surface area contributed by atoms with Gasteiger partial charge in [0.15, 0.2) is 5.96 Å². The zero-order valence-electron chi connectivity index (χ0n) is 17.4. The average Bonchev–Trinajstić information content (AvgIpc) is 3.26. The van der Waals surface area contributed by atoms with Crippen LogP contribution >= 0.6 is 35.5 Å². The molecule has 1 aromatic carbocycles. The Morgan fingerprint density at radius 1 is 1.13 bits per heavy atom. The minimum atomic E-state index is 0. The molecule has 0 aliphatic carbocycles. The Morgan fingerprint density at radius 2 is 1.93 bits per heavy atom. The van der Waals surface area contributed by atoms with Gasteiger partial charge < -0.3 is 15.1 Å². The van der Waals surface area contributed by atoms with Gasteiger partial charge >= 0.3 is 0 Å². The molecule has 0 unspecified atom stereocenters. The second-order valence-electron chi connectivity index (χ2n) is 6.97. The third-order valence-corrected chi connectivity index (χ3v) is 5.91. The number of hydrogen-bond acceptors (Lipinski definition) is 6. The van der Waals surface area contributed by atoms with Crippen molar-refractivity contribution in [3.05, 3.63) is 48.0 Å². The standard InChI is InChI=1S/C21H27N7S.HI/c1-3-19-25-21(29-26-19)28-13-11-27(12-14-28)20(22-4-2)24-15-18-17-8-6-5-7-16(17)9-10-23-18;/h5-10H,3-4,11-15H2,1-2H3,(H,22,24);1H. The van der Waals surface area contributed by atoms with E-state index in [0.29, 0.717) is 6.54 Å². The monoisotopic (exact) mass is 537 g/mol. The number of hydrogen-bond donors (Lipinski definition) is 1. The summed E-state index contributed by atoms with van der Waals surface area (Å²) in [6.07, 6.45) is 2.75. The highest BCUT2D eigenvalue weighted by Crippen LogP contribution is 2.20. The zero-order chi connectivity index (χ0) is 20.1. The molecule has 0 bridgehead atoms. The topological polar surface area (TPSA) is 69.5 Å². The molecule has 1 saturated heterocycles. The summed E-state index contributed by atoms with van der Waals surface area (Å²) >= 11 is 1.50. The van der Waals surface area contributed by atoms with Crippen LogP contribution in [0.4, 0.5) is 5.13 Å². The Balaban J connectivity index is 0.00000256. The lowest BCUT2D eigenvalue weighted by Crippen LogP contribution is -2.52. The van der Waals surface area contributed by atoms with Crippen LogP contribution in [0, 0.1) is 0 Å². The van der Waals surface area contributed by atoms with Crippen molar-refractivity contribution >= 4 is 57.4 Å². The first-order valence-electron chi connectivity index (χ1n) is 10.2. The lowest BCUT2D eigenvalue weighted by molar-refractivity contribution is 0.372. The summed E-state index contributed by atoms with van der Waals surface area (Å²) in [7, 11) is 0. The Labute approximate surface area is 198 Å². The quantitative estimate of drug-likeness (QED) is 0.305. The Bertz CT molecular complexity index is 977. The highest BCUT2D eigenvalue weighted by atomic mass is 127. The minimum absolute atomic E-state index is 0. The lowest BCUT2D eigenvalue weighted by atomic mass is 10.1. The zero-order valence-corrected chi connectivity index (χ0v) is 20.6. The second kappa shape index (κ2) is 10.9. The van der Waals surface area contributed by atoms with Gasteiger partial charge in [-0.2, -0.15) is 4.37 Å². The number of aryl methyl sites for hydroxylation is 1. The number of aromatic nitrogens is 3. The summed E-state index contributed by atoms with van der Waals surface area (Å²) in [5.41, 5.74) is 1.01. The molecule has 1 aliphatic heterocycles. The fourth-order valence-electron chi connectivity index (χ4n) is 3.51. The van der Waals surface area contributed by atoms with E-state index in [-0.39, 0.29) is 24.0 Å². The van der Waals surface area contributed by atoms with Crippen molar-refractivity contribution < 1.29 is 0 Å². The van der Waals surface area contributed by atoms with Crippen molar-refractivity contribution in [3.63, 3.8) is 0 Å². The van der Waals surface area contributed by atoms with Crippen LogP contribution in [-0.2, 0) is 13.0 Å². The van der Waals surface area contributed by atoms with Gasteiger partial charge in [-0.25, -0.2) is 9.98 Å². The van der Waals surface area contributed by atoms with E-state index in [2.05, 4.69) is 67.6 Å². The maximum atomic E-state index is 4.90. The van der Waals surface area contributed by atoms with E-state index >= 15 is 0 Å². The van der Waals surface area contributed by atoms with Gasteiger partial charge in [0.05, 0.1) is 12.2 Å². The molecule has 0 spiro atoms. The summed E-state index contributed by atoms with van der Waals surface area (Å²) in [4.78, 5) is 18.7. The Hall–Kier alpha value is -2.01. The van der Waals surface area contributed by atoms with Crippen LogP contribution in [0.5, 0.6) is 0 Å². The molecule has 7 nitrogen and oxygen atoms in total. The average molecular weight is 537 g/mol. The maximum Gasteiger partial charge on any atom is 0.205 e. The molecular weight excluding hydrogens is 509 g/mol. The van der Waals surface area contributed by atoms with E-state index in [1.165, 1.54) is 22.3 Å². The number of nitrogens with one attached hydrogen (secondary N) is 1. The van der Waals surface area contributed by atoms with Gasteiger partial charge in [-0.3, -0.25) is 4.98 Å². The number of benzene rings is 1. The molecule has 0 radical (unpaired) electrons. The number of rotatable bonds is 5. The van der Waals surface area contributed by atoms with Crippen LogP contribution in [0.2, 0.25) is 0 Å². The van der Waals surface area contributed by atoms with Gasteiger partial charge in [-0.1, -0.05) is 31.2 Å². The molecule has 1 fully saturated rings. The van der Waals surface area contributed by atoms with Crippen molar-refractivity contribution in [2.45, 2.75) is 26.8 Å². The van der Waals surface area contributed by atoms with E-state index < -0.39 is 0 Å². The van der Waals surface area contributed by atoms with E-state index in [1.54, 1.807) is 0 Å². The normalized spacial score (nSPS) is 14.7. The summed E-state index contributed by atoms with van der Waals surface area (Å²) in [6, 6.07) is 10.4. The maximum absolute atomic E-state index is 4.90. The molecule has 0 amide bonds. The highest BCUT2D eigenvalue weighted by molar-refractivity contribution is 14.0. The van der Waals surface area contributed by atoms with Crippen LogP contribution in [0.15, 0.2) is 41.5 Å². The van der Waals surface area contributed by atoms with Gasteiger partial charge in [0.25, 0.3) is 0 Å². The predicted octanol–water partition coefficient (Wildman–Crippen LogP) is 3.55. The number of piperazine rings is 1. The van der Waals surface area contributed by atoms with Crippen molar-refractivity contribution in [2.75, 3.05) is 37.6 Å². The number of halogens is 1. The van der Waals surface area contributed by atoms with Gasteiger partial charge in [0.1, 0.15) is 5.82 Å². The molecule has 3 aromatic rings. The largest absolute Gasteiger partial charge is 0.357 e. The summed E-state index contributed by atoms with van der Waals surface area (Å²) in [5.74, 6) is 1.89. The van der Waals surface area contributed by atoms with Crippen LogP contribution in [0.1, 0.15) is 25.4 Å². The SMILES string of the molecule is CCNC(=NCc1nccc2ccccc12)N1CCN(c2nc(CC)ns2)CC1.I. The van der Waals surface area contributed by atoms with Crippen LogP contribution < -0.4 is 10.2 Å².